The number of carbonyl (C=O) groups is 3. The van der Waals surface area contributed by atoms with E-state index in [9.17, 15) is 14.4 Å². The van der Waals surface area contributed by atoms with Crippen LogP contribution in [0.2, 0.25) is 0 Å². The number of piperidine rings is 1. The van der Waals surface area contributed by atoms with Crippen molar-refractivity contribution in [3.63, 3.8) is 0 Å². The number of amides is 3. The van der Waals surface area contributed by atoms with Gasteiger partial charge in [0, 0.05) is 0 Å². The van der Waals surface area contributed by atoms with Crippen LogP contribution in [0.15, 0.2) is 0 Å². The number of nitrogens with one attached hydrogen (secondary N) is 2. The molecule has 4 radical (unpaired) electrons. The number of imide groups is 1. The van der Waals surface area contributed by atoms with E-state index in [0.29, 0.717) is 0 Å². The summed E-state index contributed by atoms with van der Waals surface area (Å²) in [4.78, 5) is 33.9. The molecule has 0 aromatic heterocycles. The third kappa shape index (κ3) is 3.95. The number of hydrogen-bond acceptors (Lipinski definition) is 3. The zero-order chi connectivity index (χ0) is 12.8. The van der Waals surface area contributed by atoms with Gasteiger partial charge in [-0.3, -0.25) is 0 Å². The van der Waals surface area contributed by atoms with Crippen molar-refractivity contribution in [1.82, 2.24) is 10.6 Å². The fourth-order valence-corrected chi connectivity index (χ4v) is 1.38. The average Bonchev–Trinajstić information content (AvgIpc) is 2.29. The maximum atomic E-state index is 11.6. The van der Waals surface area contributed by atoms with Gasteiger partial charge in [0.25, 0.3) is 0 Å². The molecule has 78 valence electrons. The molecule has 1 saturated heterocycles. The first-order chi connectivity index (χ1) is 8.08. The Labute approximate surface area is 103 Å². The third-order valence-corrected chi connectivity index (χ3v) is 2.26. The van der Waals surface area contributed by atoms with Gasteiger partial charge in [0.15, 0.2) is 0 Å². The summed E-state index contributed by atoms with van der Waals surface area (Å²) in [5.41, 5.74) is 0. The molecule has 0 aliphatic carbocycles. The van der Waals surface area contributed by atoms with Gasteiger partial charge in [-0.2, -0.15) is 0 Å². The molecule has 0 bridgehead atoms. The molecular weight excluding hydrogens is 214 g/mol. The molecule has 0 aromatic rings. The van der Waals surface area contributed by atoms with Gasteiger partial charge in [-0.1, -0.05) is 0 Å². The van der Waals surface area contributed by atoms with Crippen LogP contribution in [0.4, 0.5) is 0 Å². The predicted molar refractivity (Wildman–Crippen MR) is 68.1 cm³/mol. The maximum absolute atomic E-state index is 11.6. The van der Waals surface area contributed by atoms with Gasteiger partial charge in [-0.25, -0.2) is 0 Å². The van der Waals surface area contributed by atoms with Crippen molar-refractivity contribution < 1.29 is 14.4 Å². The van der Waals surface area contributed by atoms with Crippen molar-refractivity contribution in [2.45, 2.75) is 18.9 Å². The topological polar surface area (TPSA) is 75.3 Å². The van der Waals surface area contributed by atoms with Crippen molar-refractivity contribution in [1.29, 1.82) is 0 Å². The van der Waals surface area contributed by atoms with Crippen LogP contribution in [0.1, 0.15) is 12.8 Å². The van der Waals surface area contributed by atoms with Gasteiger partial charge < -0.3 is 0 Å². The summed E-state index contributed by atoms with van der Waals surface area (Å²) in [7, 11) is 10.4. The van der Waals surface area contributed by atoms with Crippen LogP contribution < -0.4 is 10.6 Å². The summed E-state index contributed by atoms with van der Waals surface area (Å²) in [6, 6.07) is -0.721. The normalized spacial score (nSPS) is 20.0. The Morgan fingerprint density at radius 3 is 2.65 bits per heavy atom. The molecule has 10 heteroatoms. The van der Waals surface area contributed by atoms with Crippen LogP contribution in [0, 0.1) is 0 Å². The van der Waals surface area contributed by atoms with Gasteiger partial charge in [0.1, 0.15) is 0 Å². The summed E-state index contributed by atoms with van der Waals surface area (Å²) < 4.78 is 0. The Balaban J connectivity index is 2.63. The predicted octanol–water partition coefficient (Wildman–Crippen LogP) is -3.77. The second-order valence-electron chi connectivity index (χ2n) is 3.46. The Morgan fingerprint density at radius 1 is 1.41 bits per heavy atom. The summed E-state index contributed by atoms with van der Waals surface area (Å²) >= 11 is 0. The van der Waals surface area contributed by atoms with Crippen LogP contribution in [0.5, 0.6) is 0 Å². The Bertz CT molecular complexity index is 408. The standard InChI is InChI=1S/C7H7B5N2O3/c8-10-5(11-12-9)7(17)13-3-1-2-4(15)14-6(3)16/h3H,1-2H2,(H,13,17)(H,14,15,16). The number of carbonyl (C=O) groups excluding carboxylic acids is 3. The first-order valence-electron chi connectivity index (χ1n) is 5.03. The van der Waals surface area contributed by atoms with E-state index in [0.717, 1.165) is 6.81 Å². The number of rotatable bonds is 3. The fraction of sp³-hybridized carbons (Fsp3) is 0.429. The van der Waals surface area contributed by atoms with Crippen LogP contribution in [0.25, 0.3) is 0 Å². The van der Waals surface area contributed by atoms with Crippen LogP contribution >= 0.6 is 0 Å². The second kappa shape index (κ2) is 6.52. The van der Waals surface area contributed by atoms with E-state index in [1.54, 1.807) is 0 Å². The monoisotopic (exact) mass is 222 g/mol. The van der Waals surface area contributed by atoms with Crippen molar-refractivity contribution in [2.75, 3.05) is 0 Å². The summed E-state index contributed by atoms with van der Waals surface area (Å²) in [5, 5.41) is 4.75. The van der Waals surface area contributed by atoms with Crippen LogP contribution in [-0.4, -0.2) is 64.9 Å². The Hall–Kier alpha value is -1.20. The molecule has 1 heterocycles. The van der Waals surface area contributed by atoms with E-state index in [2.05, 4.69) is 10.6 Å². The molecule has 1 aliphatic heterocycles. The second-order valence-corrected chi connectivity index (χ2v) is 3.46. The van der Waals surface area contributed by atoms with Crippen LogP contribution in [-0.2, 0) is 14.4 Å². The molecule has 1 rings (SSSR count). The molecule has 0 spiro atoms. The van der Waals surface area contributed by atoms with Crippen LogP contribution in [0.3, 0.4) is 0 Å². The average molecular weight is 221 g/mol. The molecule has 2 N–H and O–H groups in total. The van der Waals surface area contributed by atoms with Crippen molar-refractivity contribution in [3.05, 3.63) is 0 Å². The molecule has 5 nitrogen and oxygen atoms in total. The zero-order valence-electron chi connectivity index (χ0n) is 9.10. The quantitative estimate of drug-likeness (QED) is 0.379. The third-order valence-electron chi connectivity index (χ3n) is 2.26. The molecule has 3 amide bonds. The summed E-state index contributed by atoms with van der Waals surface area (Å²) in [6.45, 7) is 3.58. The van der Waals surface area contributed by atoms with E-state index in [1.165, 1.54) is 13.5 Å². The molecule has 1 atom stereocenters. The van der Waals surface area contributed by atoms with E-state index in [4.69, 9.17) is 15.5 Å². The Morgan fingerprint density at radius 2 is 2.12 bits per heavy atom. The summed E-state index contributed by atoms with van der Waals surface area (Å²) in [6.07, 6.45) is 0.478. The minimum atomic E-state index is -0.721. The molecular formula is C7H7B5N2O3. The van der Waals surface area contributed by atoms with E-state index < -0.39 is 17.9 Å². The molecule has 1 fully saturated rings. The zero-order valence-corrected chi connectivity index (χ0v) is 9.10. The number of hydrogen-bond donors (Lipinski definition) is 2. The molecule has 0 aromatic carbocycles. The van der Waals surface area contributed by atoms with Gasteiger partial charge in [-0.05, 0) is 0 Å². The minimum absolute atomic E-state index is 0.150. The Kier molecular flexibility index (Phi) is 5.32. The molecule has 1 unspecified atom stereocenters. The van der Waals surface area contributed by atoms with Gasteiger partial charge in [0.05, 0.1) is 0 Å². The first-order valence-corrected chi connectivity index (χ1v) is 5.03. The molecule has 0 saturated carbocycles. The summed E-state index contributed by atoms with van der Waals surface area (Å²) in [5.74, 6) is -1.36. The molecule has 1 aliphatic rings. The van der Waals surface area contributed by atoms with Gasteiger partial charge >= 0.3 is 103 Å². The van der Waals surface area contributed by atoms with Crippen molar-refractivity contribution >= 4 is 58.9 Å². The van der Waals surface area contributed by atoms with E-state index in [-0.39, 0.29) is 24.1 Å². The van der Waals surface area contributed by atoms with Crippen molar-refractivity contribution in [3.8, 4) is 0 Å². The SMILES string of the molecule is [B]B=BC(=B[B])C(=O)NC1CCC(=O)NC1=O. The van der Waals surface area contributed by atoms with Crippen molar-refractivity contribution in [2.24, 2.45) is 0 Å². The van der Waals surface area contributed by atoms with Gasteiger partial charge in [0.2, 0.25) is 0 Å². The van der Waals surface area contributed by atoms with Gasteiger partial charge in [-0.15, -0.1) is 0 Å². The fourth-order valence-electron chi connectivity index (χ4n) is 1.38. The van der Waals surface area contributed by atoms with E-state index in [1.807, 2.05) is 0 Å². The first kappa shape index (κ1) is 13.9. The molecule has 17 heavy (non-hydrogen) atoms. The van der Waals surface area contributed by atoms with E-state index >= 15 is 0 Å².